The third-order valence-corrected chi connectivity index (χ3v) is 4.53. The Hall–Kier alpha value is -1.00. The van der Waals surface area contributed by atoms with Gasteiger partial charge in [0.1, 0.15) is 0 Å². The van der Waals surface area contributed by atoms with Crippen LogP contribution in [0.4, 0.5) is 0 Å². The molecule has 0 saturated carbocycles. The van der Waals surface area contributed by atoms with E-state index in [9.17, 15) is 4.79 Å². The van der Waals surface area contributed by atoms with Gasteiger partial charge in [-0.05, 0) is 17.5 Å². The number of nitrogens with two attached hydrogens (primary N) is 1. The summed E-state index contributed by atoms with van der Waals surface area (Å²) in [4.78, 5) is 14.8. The lowest BCUT2D eigenvalue weighted by Crippen LogP contribution is -2.38. The van der Waals surface area contributed by atoms with Gasteiger partial charge in [0, 0.05) is 29.7 Å². The Morgan fingerprint density at radius 1 is 1.47 bits per heavy atom. The number of benzene rings is 1. The fourth-order valence-electron chi connectivity index (χ4n) is 2.63. The van der Waals surface area contributed by atoms with Gasteiger partial charge in [-0.3, -0.25) is 9.69 Å². The van der Waals surface area contributed by atoms with Crippen LogP contribution < -0.4 is 5.73 Å². The summed E-state index contributed by atoms with van der Waals surface area (Å²) in [5, 5.41) is 0. The maximum absolute atomic E-state index is 11.2. The molecule has 1 atom stereocenters. The topological polar surface area (TPSA) is 46.3 Å². The fourth-order valence-corrected chi connectivity index (χ4v) is 3.87. The Labute approximate surface area is 119 Å². The maximum Gasteiger partial charge on any atom is 0.231 e. The molecular weight excluding hydrogens is 256 g/mol. The normalized spacial score (nSPS) is 18.0. The van der Waals surface area contributed by atoms with Gasteiger partial charge in [0.2, 0.25) is 5.91 Å². The molecular formula is C15H22N2OS. The summed E-state index contributed by atoms with van der Waals surface area (Å²) in [6.07, 6.45) is 0. The third-order valence-electron chi connectivity index (χ3n) is 3.28. The molecule has 1 aliphatic rings. The van der Waals surface area contributed by atoms with Gasteiger partial charge in [0.15, 0.2) is 0 Å². The molecule has 3 nitrogen and oxygen atoms in total. The molecule has 4 heteroatoms. The van der Waals surface area contributed by atoms with Crippen molar-refractivity contribution in [3.05, 3.63) is 29.8 Å². The van der Waals surface area contributed by atoms with E-state index in [1.165, 1.54) is 10.5 Å². The van der Waals surface area contributed by atoms with Crippen LogP contribution in [0.2, 0.25) is 0 Å². The summed E-state index contributed by atoms with van der Waals surface area (Å²) in [7, 11) is 0. The second-order valence-corrected chi connectivity index (χ2v) is 6.66. The molecule has 19 heavy (non-hydrogen) atoms. The van der Waals surface area contributed by atoms with Crippen LogP contribution in [-0.2, 0) is 4.79 Å². The summed E-state index contributed by atoms with van der Waals surface area (Å²) >= 11 is 1.91. The summed E-state index contributed by atoms with van der Waals surface area (Å²) in [5.41, 5.74) is 6.77. The van der Waals surface area contributed by atoms with E-state index in [1.807, 2.05) is 11.8 Å². The average molecular weight is 278 g/mol. The van der Waals surface area contributed by atoms with E-state index < -0.39 is 0 Å². The minimum atomic E-state index is -0.236. The lowest BCUT2D eigenvalue weighted by Gasteiger charge is -2.26. The van der Waals surface area contributed by atoms with Crippen molar-refractivity contribution in [3.8, 4) is 0 Å². The fraction of sp³-hybridized carbons (Fsp3) is 0.533. The number of amides is 1. The van der Waals surface area contributed by atoms with Gasteiger partial charge in [-0.1, -0.05) is 32.0 Å². The van der Waals surface area contributed by atoms with Gasteiger partial charge in [-0.25, -0.2) is 0 Å². The van der Waals surface area contributed by atoms with Crippen LogP contribution in [0, 0.1) is 5.92 Å². The molecule has 1 unspecified atom stereocenters. The molecule has 1 aliphatic heterocycles. The van der Waals surface area contributed by atoms with Crippen molar-refractivity contribution >= 4 is 17.7 Å². The Morgan fingerprint density at radius 2 is 2.21 bits per heavy atom. The van der Waals surface area contributed by atoms with E-state index in [-0.39, 0.29) is 5.91 Å². The van der Waals surface area contributed by atoms with Crippen molar-refractivity contribution in [1.29, 1.82) is 0 Å². The second kappa shape index (κ2) is 6.44. The SMILES string of the molecule is CC(C)CN(CC(N)=O)CC1CSc2ccccc21. The average Bonchev–Trinajstić information content (AvgIpc) is 2.71. The number of thioether (sulfide) groups is 1. The summed E-state index contributed by atoms with van der Waals surface area (Å²) in [5.74, 6) is 1.93. The predicted octanol–water partition coefficient (Wildman–Crippen LogP) is 2.32. The number of nitrogens with zero attached hydrogens (tertiary/aromatic N) is 1. The number of primary amides is 1. The Balaban J connectivity index is 2.03. The number of hydrogen-bond donors (Lipinski definition) is 1. The van der Waals surface area contributed by atoms with Crippen molar-refractivity contribution in [2.45, 2.75) is 24.7 Å². The molecule has 2 N–H and O–H groups in total. The van der Waals surface area contributed by atoms with E-state index >= 15 is 0 Å². The highest BCUT2D eigenvalue weighted by molar-refractivity contribution is 7.99. The standard InChI is InChI=1S/C15H22N2OS/c1-11(2)7-17(9-15(16)18)8-12-10-19-14-6-4-3-5-13(12)14/h3-6,11-12H,7-10H2,1-2H3,(H2,16,18). The Kier molecular flexibility index (Phi) is 4.88. The van der Waals surface area contributed by atoms with Crippen molar-refractivity contribution in [2.24, 2.45) is 11.7 Å². The Morgan fingerprint density at radius 3 is 2.89 bits per heavy atom. The first-order chi connectivity index (χ1) is 9.06. The van der Waals surface area contributed by atoms with Crippen LogP contribution in [0.15, 0.2) is 29.2 Å². The lowest BCUT2D eigenvalue weighted by molar-refractivity contribution is -0.119. The molecule has 0 saturated heterocycles. The van der Waals surface area contributed by atoms with Gasteiger partial charge in [0.05, 0.1) is 6.54 Å². The monoisotopic (exact) mass is 278 g/mol. The third kappa shape index (κ3) is 3.98. The highest BCUT2D eigenvalue weighted by Crippen LogP contribution is 2.39. The summed E-state index contributed by atoms with van der Waals surface area (Å²) < 4.78 is 0. The smallest absolute Gasteiger partial charge is 0.231 e. The first-order valence-electron chi connectivity index (χ1n) is 6.78. The maximum atomic E-state index is 11.2. The molecule has 0 aliphatic carbocycles. The molecule has 1 aromatic carbocycles. The van der Waals surface area contributed by atoms with E-state index in [2.05, 4.69) is 43.0 Å². The van der Waals surface area contributed by atoms with Crippen molar-refractivity contribution < 1.29 is 4.79 Å². The molecule has 104 valence electrons. The first-order valence-corrected chi connectivity index (χ1v) is 7.77. The molecule has 0 bridgehead atoms. The van der Waals surface area contributed by atoms with E-state index in [0.29, 0.717) is 18.4 Å². The highest BCUT2D eigenvalue weighted by atomic mass is 32.2. The summed E-state index contributed by atoms with van der Waals surface area (Å²) in [6.45, 7) is 6.55. The van der Waals surface area contributed by atoms with Gasteiger partial charge in [0.25, 0.3) is 0 Å². The van der Waals surface area contributed by atoms with E-state index in [0.717, 1.165) is 18.8 Å². The van der Waals surface area contributed by atoms with Gasteiger partial charge < -0.3 is 5.73 Å². The second-order valence-electron chi connectivity index (χ2n) is 5.60. The zero-order valence-corrected chi connectivity index (χ0v) is 12.5. The number of fused-ring (bicyclic) bond motifs is 1. The minimum Gasteiger partial charge on any atom is -0.369 e. The van der Waals surface area contributed by atoms with Crippen molar-refractivity contribution in [1.82, 2.24) is 4.90 Å². The van der Waals surface area contributed by atoms with Gasteiger partial charge in [-0.2, -0.15) is 0 Å². The zero-order valence-electron chi connectivity index (χ0n) is 11.6. The molecule has 1 amide bonds. The minimum absolute atomic E-state index is 0.236. The highest BCUT2D eigenvalue weighted by Gasteiger charge is 2.25. The van der Waals surface area contributed by atoms with E-state index in [1.54, 1.807) is 0 Å². The number of hydrogen-bond acceptors (Lipinski definition) is 3. The first kappa shape index (κ1) is 14.4. The van der Waals surface area contributed by atoms with Crippen LogP contribution >= 0.6 is 11.8 Å². The molecule has 2 rings (SSSR count). The molecule has 0 spiro atoms. The number of carbonyl (C=O) groups excluding carboxylic acids is 1. The molecule has 0 fully saturated rings. The molecule has 0 radical (unpaired) electrons. The van der Waals surface area contributed by atoms with Crippen LogP contribution in [-0.4, -0.2) is 36.2 Å². The quantitative estimate of drug-likeness (QED) is 0.868. The predicted molar refractivity (Wildman–Crippen MR) is 80.4 cm³/mol. The molecule has 0 aromatic heterocycles. The van der Waals surface area contributed by atoms with Gasteiger partial charge in [-0.15, -0.1) is 11.8 Å². The largest absolute Gasteiger partial charge is 0.369 e. The summed E-state index contributed by atoms with van der Waals surface area (Å²) in [6, 6.07) is 8.57. The number of carbonyl (C=O) groups is 1. The van der Waals surface area contributed by atoms with Crippen LogP contribution in [0.1, 0.15) is 25.3 Å². The van der Waals surface area contributed by atoms with Crippen LogP contribution in [0.25, 0.3) is 0 Å². The lowest BCUT2D eigenvalue weighted by atomic mass is 10.0. The van der Waals surface area contributed by atoms with Gasteiger partial charge >= 0.3 is 0 Å². The van der Waals surface area contributed by atoms with Crippen molar-refractivity contribution in [2.75, 3.05) is 25.4 Å². The van der Waals surface area contributed by atoms with Crippen molar-refractivity contribution in [3.63, 3.8) is 0 Å². The zero-order chi connectivity index (χ0) is 13.8. The van der Waals surface area contributed by atoms with Crippen LogP contribution in [0.5, 0.6) is 0 Å². The number of rotatable bonds is 6. The Bertz CT molecular complexity index is 448. The molecule has 1 aromatic rings. The van der Waals surface area contributed by atoms with Crippen LogP contribution in [0.3, 0.4) is 0 Å². The van der Waals surface area contributed by atoms with E-state index in [4.69, 9.17) is 5.73 Å². The molecule has 1 heterocycles.